The number of carboxylic acids is 1. The molecule has 0 aliphatic heterocycles. The van der Waals surface area contributed by atoms with Crippen molar-refractivity contribution in [2.24, 2.45) is 0 Å². The average Bonchev–Trinajstić information content (AvgIpc) is 2.59. The van der Waals surface area contributed by atoms with Gasteiger partial charge in [0, 0.05) is 6.07 Å². The Labute approximate surface area is 156 Å². The van der Waals surface area contributed by atoms with Crippen molar-refractivity contribution in [1.29, 1.82) is 0 Å². The number of carbonyl (C=O) groups is 1. The number of aromatic carboxylic acids is 1. The summed E-state index contributed by atoms with van der Waals surface area (Å²) < 4.78 is 87.1. The van der Waals surface area contributed by atoms with E-state index >= 15 is 0 Å². The highest BCUT2D eigenvalue weighted by Crippen LogP contribution is 2.32. The quantitative estimate of drug-likeness (QED) is 0.663. The lowest BCUT2D eigenvalue weighted by atomic mass is 10.2. The van der Waals surface area contributed by atoms with Gasteiger partial charge in [-0.15, -0.1) is 0 Å². The van der Waals surface area contributed by atoms with E-state index < -0.39 is 50.9 Å². The number of halogens is 4. The molecular weight excluding hydrogens is 410 g/mol. The Morgan fingerprint density at radius 3 is 2.36 bits per heavy atom. The molecule has 152 valence electrons. The third-order valence-corrected chi connectivity index (χ3v) is 4.66. The average molecular weight is 423 g/mol. The van der Waals surface area contributed by atoms with Gasteiger partial charge in [-0.25, -0.2) is 17.6 Å². The second-order valence-corrected chi connectivity index (χ2v) is 6.97. The Bertz CT molecular complexity index is 991. The van der Waals surface area contributed by atoms with Crippen LogP contribution in [0.25, 0.3) is 0 Å². The zero-order valence-corrected chi connectivity index (χ0v) is 14.9. The number of sulfonamides is 1. The van der Waals surface area contributed by atoms with E-state index in [4.69, 9.17) is 9.84 Å². The Kier molecular flexibility index (Phi) is 6.02. The first-order chi connectivity index (χ1) is 12.9. The van der Waals surface area contributed by atoms with Crippen molar-refractivity contribution < 1.29 is 45.4 Å². The second kappa shape index (κ2) is 7.92. The summed E-state index contributed by atoms with van der Waals surface area (Å²) in [6.45, 7) is -1.73. The largest absolute Gasteiger partial charge is 0.495 e. The number of carboxylic acid groups (broad SMARTS) is 1. The molecule has 28 heavy (non-hydrogen) atoms. The fraction of sp³-hybridized carbons (Fsp3) is 0.188. The summed E-state index contributed by atoms with van der Waals surface area (Å²) in [4.78, 5) is 10.5. The van der Waals surface area contributed by atoms with Gasteiger partial charge in [0.1, 0.15) is 22.2 Å². The molecule has 0 radical (unpaired) electrons. The van der Waals surface area contributed by atoms with Crippen LogP contribution in [0, 0.1) is 5.82 Å². The van der Waals surface area contributed by atoms with E-state index in [1.54, 1.807) is 0 Å². The van der Waals surface area contributed by atoms with Gasteiger partial charge in [0.05, 0.1) is 18.4 Å². The van der Waals surface area contributed by atoms with E-state index in [0.717, 1.165) is 37.4 Å². The topological polar surface area (TPSA) is 102 Å². The molecule has 0 amide bonds. The Morgan fingerprint density at radius 1 is 1.14 bits per heavy atom. The molecule has 0 aliphatic rings. The summed E-state index contributed by atoms with van der Waals surface area (Å²) >= 11 is 0. The normalized spacial score (nSPS) is 11.8. The van der Waals surface area contributed by atoms with Crippen LogP contribution in [0.15, 0.2) is 41.3 Å². The van der Waals surface area contributed by atoms with Gasteiger partial charge < -0.3 is 14.6 Å². The van der Waals surface area contributed by atoms with E-state index in [0.29, 0.717) is 6.07 Å². The first-order valence-electron chi connectivity index (χ1n) is 7.36. The molecule has 2 rings (SSSR count). The fourth-order valence-corrected chi connectivity index (χ4v) is 3.34. The van der Waals surface area contributed by atoms with Crippen LogP contribution in [0.5, 0.6) is 11.5 Å². The zero-order valence-electron chi connectivity index (χ0n) is 14.1. The number of benzene rings is 2. The van der Waals surface area contributed by atoms with Crippen molar-refractivity contribution in [2.75, 3.05) is 18.4 Å². The Balaban J connectivity index is 2.46. The predicted molar refractivity (Wildman–Crippen MR) is 88.7 cm³/mol. The highest BCUT2D eigenvalue weighted by Gasteiger charge is 2.29. The number of rotatable bonds is 7. The number of hydrogen-bond acceptors (Lipinski definition) is 5. The standard InChI is InChI=1S/C16H13F4NO6S/c1-26-13-4-2-9(15(22)23)6-14(13)28(24,25)21-11-7-10(17)3-5-12(11)27-8-16(18,19)20/h2-7,21H,8H2,1H3,(H,22,23). The van der Waals surface area contributed by atoms with Crippen LogP contribution >= 0.6 is 0 Å². The third kappa shape index (κ3) is 5.25. The molecule has 0 atom stereocenters. The molecule has 0 unspecified atom stereocenters. The van der Waals surface area contributed by atoms with Crippen LogP contribution in [0.3, 0.4) is 0 Å². The predicted octanol–water partition coefficient (Wildman–Crippen LogP) is 3.27. The molecule has 0 heterocycles. The minimum atomic E-state index is -4.70. The summed E-state index contributed by atoms with van der Waals surface area (Å²) in [5.41, 5.74) is -0.985. The van der Waals surface area contributed by atoms with Crippen LogP contribution in [0.4, 0.5) is 23.2 Å². The maximum atomic E-state index is 13.5. The van der Waals surface area contributed by atoms with Gasteiger partial charge in [-0.1, -0.05) is 0 Å². The Morgan fingerprint density at radius 2 is 1.79 bits per heavy atom. The minimum absolute atomic E-state index is 0.230. The van der Waals surface area contributed by atoms with Crippen molar-refractivity contribution in [2.45, 2.75) is 11.1 Å². The maximum absolute atomic E-state index is 13.5. The van der Waals surface area contributed by atoms with Crippen molar-refractivity contribution >= 4 is 21.7 Å². The lowest BCUT2D eigenvalue weighted by molar-refractivity contribution is -0.153. The van der Waals surface area contributed by atoms with Crippen molar-refractivity contribution in [3.63, 3.8) is 0 Å². The van der Waals surface area contributed by atoms with E-state index in [-0.39, 0.29) is 11.3 Å². The number of alkyl halides is 3. The third-order valence-electron chi connectivity index (χ3n) is 3.28. The van der Waals surface area contributed by atoms with Crippen molar-refractivity contribution in [3.8, 4) is 11.5 Å². The van der Waals surface area contributed by atoms with Crippen LogP contribution in [0.2, 0.25) is 0 Å². The number of nitrogens with one attached hydrogen (secondary N) is 1. The van der Waals surface area contributed by atoms with Crippen LogP contribution in [0.1, 0.15) is 10.4 Å². The summed E-state index contributed by atoms with van der Waals surface area (Å²) in [6.07, 6.45) is -4.70. The number of methoxy groups -OCH3 is 1. The molecule has 2 aromatic rings. The molecule has 0 bridgehead atoms. The monoisotopic (exact) mass is 423 g/mol. The van der Waals surface area contributed by atoms with E-state index in [9.17, 15) is 30.8 Å². The van der Waals surface area contributed by atoms with Crippen LogP contribution in [-0.2, 0) is 10.0 Å². The van der Waals surface area contributed by atoms with Gasteiger partial charge in [-0.3, -0.25) is 4.72 Å². The summed E-state index contributed by atoms with van der Waals surface area (Å²) in [5, 5.41) is 9.02. The molecule has 2 aromatic carbocycles. The van der Waals surface area contributed by atoms with Gasteiger partial charge >= 0.3 is 12.1 Å². The molecule has 0 spiro atoms. The van der Waals surface area contributed by atoms with Gasteiger partial charge in [-0.2, -0.15) is 13.2 Å². The number of hydrogen-bond donors (Lipinski definition) is 2. The molecule has 0 saturated heterocycles. The molecule has 7 nitrogen and oxygen atoms in total. The Hall–Kier alpha value is -3.02. The van der Waals surface area contributed by atoms with Gasteiger partial charge in [0.2, 0.25) is 0 Å². The van der Waals surface area contributed by atoms with E-state index in [2.05, 4.69) is 4.74 Å². The van der Waals surface area contributed by atoms with Crippen LogP contribution < -0.4 is 14.2 Å². The van der Waals surface area contributed by atoms with Crippen LogP contribution in [-0.4, -0.2) is 39.4 Å². The minimum Gasteiger partial charge on any atom is -0.495 e. The molecule has 0 saturated carbocycles. The second-order valence-electron chi connectivity index (χ2n) is 5.32. The molecule has 2 N–H and O–H groups in total. The number of ether oxygens (including phenoxy) is 2. The molecule has 0 fully saturated rings. The highest BCUT2D eigenvalue weighted by atomic mass is 32.2. The first kappa shape index (κ1) is 21.3. The molecule has 0 aliphatic carbocycles. The molecular formula is C16H13F4NO6S. The van der Waals surface area contributed by atoms with Crippen molar-refractivity contribution in [3.05, 3.63) is 47.8 Å². The summed E-state index contributed by atoms with van der Waals surface area (Å²) in [6, 6.07) is 5.21. The van der Waals surface area contributed by atoms with E-state index in [1.165, 1.54) is 0 Å². The van der Waals surface area contributed by atoms with E-state index in [1.807, 2.05) is 4.72 Å². The maximum Gasteiger partial charge on any atom is 0.422 e. The van der Waals surface area contributed by atoms with Gasteiger partial charge in [-0.05, 0) is 30.3 Å². The lowest BCUT2D eigenvalue weighted by Gasteiger charge is -2.16. The number of anilines is 1. The molecule has 12 heteroatoms. The summed E-state index contributed by atoms with van der Waals surface area (Å²) in [5.74, 6) is -3.16. The van der Waals surface area contributed by atoms with Gasteiger partial charge in [0.15, 0.2) is 6.61 Å². The fourth-order valence-electron chi connectivity index (χ4n) is 2.09. The molecule has 0 aromatic heterocycles. The SMILES string of the molecule is COc1ccc(C(=O)O)cc1S(=O)(=O)Nc1cc(F)ccc1OCC(F)(F)F. The zero-order chi connectivity index (χ0) is 21.1. The van der Waals surface area contributed by atoms with Gasteiger partial charge in [0.25, 0.3) is 10.0 Å². The van der Waals surface area contributed by atoms with Crippen molar-refractivity contribution in [1.82, 2.24) is 0 Å². The highest BCUT2D eigenvalue weighted by molar-refractivity contribution is 7.92. The smallest absolute Gasteiger partial charge is 0.422 e. The lowest BCUT2D eigenvalue weighted by Crippen LogP contribution is -2.21. The summed E-state index contributed by atoms with van der Waals surface area (Å²) in [7, 11) is -3.44. The first-order valence-corrected chi connectivity index (χ1v) is 8.84.